The molecule has 1 N–H and O–H groups in total. The van der Waals surface area contributed by atoms with Gasteiger partial charge < -0.3 is 5.32 Å². The van der Waals surface area contributed by atoms with Crippen molar-refractivity contribution in [3.63, 3.8) is 0 Å². The zero-order valence-electron chi connectivity index (χ0n) is 9.04. The molecule has 1 rings (SSSR count). The van der Waals surface area contributed by atoms with Crippen LogP contribution in [0.15, 0.2) is 24.5 Å². The number of aromatic nitrogens is 2. The number of aryl methyl sites for hydroxylation is 1. The smallest absolute Gasteiger partial charge is 0.149 e. The number of hydrogen-bond donors (Lipinski definition) is 1. The van der Waals surface area contributed by atoms with Gasteiger partial charge in [0.1, 0.15) is 5.82 Å². The minimum absolute atomic E-state index is 0.0700. The van der Waals surface area contributed by atoms with Gasteiger partial charge in [0.15, 0.2) is 0 Å². The van der Waals surface area contributed by atoms with Crippen molar-refractivity contribution in [2.24, 2.45) is 0 Å². The fourth-order valence-electron chi connectivity index (χ4n) is 1.24. The lowest BCUT2D eigenvalue weighted by Gasteiger charge is -2.16. The summed E-state index contributed by atoms with van der Waals surface area (Å²) < 4.78 is 0. The van der Waals surface area contributed by atoms with Gasteiger partial charge in [0.05, 0.1) is 6.04 Å². The molecule has 0 bridgehead atoms. The average Bonchev–Trinajstić information content (AvgIpc) is 2.15. The van der Waals surface area contributed by atoms with E-state index in [0.29, 0.717) is 0 Å². The summed E-state index contributed by atoms with van der Waals surface area (Å²) in [6.45, 7) is 10.8. The first-order chi connectivity index (χ1) is 6.65. The van der Waals surface area contributed by atoms with E-state index < -0.39 is 0 Å². The molecular weight excluding hydrogens is 174 g/mol. The van der Waals surface area contributed by atoms with Crippen LogP contribution in [0.25, 0.3) is 0 Å². The molecule has 1 unspecified atom stereocenters. The molecule has 0 fully saturated rings. The maximum atomic E-state index is 4.28. The summed E-state index contributed by atoms with van der Waals surface area (Å²) in [7, 11) is 0. The molecule has 3 nitrogen and oxygen atoms in total. The molecule has 0 saturated heterocycles. The molecule has 0 saturated carbocycles. The predicted molar refractivity (Wildman–Crippen MR) is 58.0 cm³/mol. The second kappa shape index (κ2) is 4.86. The third kappa shape index (κ3) is 2.64. The van der Waals surface area contributed by atoms with Crippen LogP contribution in [-0.4, -0.2) is 16.5 Å². The largest absolute Gasteiger partial charge is 0.304 e. The molecule has 0 aliphatic heterocycles. The van der Waals surface area contributed by atoms with Crippen molar-refractivity contribution in [3.05, 3.63) is 35.9 Å². The third-order valence-corrected chi connectivity index (χ3v) is 1.96. The molecule has 1 heterocycles. The molecule has 0 amide bonds. The van der Waals surface area contributed by atoms with Crippen LogP contribution in [0.2, 0.25) is 0 Å². The Hall–Kier alpha value is -1.22. The Morgan fingerprint density at radius 1 is 1.50 bits per heavy atom. The number of nitrogens with zero attached hydrogens (tertiary/aromatic N) is 2. The number of likely N-dealkylation sites (N-methyl/N-ethyl adjacent to an activating group) is 1. The van der Waals surface area contributed by atoms with Crippen molar-refractivity contribution in [3.8, 4) is 0 Å². The molecule has 0 radical (unpaired) electrons. The van der Waals surface area contributed by atoms with Gasteiger partial charge in [0.2, 0.25) is 0 Å². The van der Waals surface area contributed by atoms with Crippen LogP contribution < -0.4 is 5.32 Å². The summed E-state index contributed by atoms with van der Waals surface area (Å²) in [5.74, 6) is 0.796. The molecular formula is C11H17N3. The Morgan fingerprint density at radius 2 is 2.07 bits per heavy atom. The van der Waals surface area contributed by atoms with Gasteiger partial charge in [-0.15, -0.1) is 0 Å². The van der Waals surface area contributed by atoms with Crippen molar-refractivity contribution in [1.29, 1.82) is 0 Å². The van der Waals surface area contributed by atoms with Gasteiger partial charge in [-0.05, 0) is 26.0 Å². The summed E-state index contributed by atoms with van der Waals surface area (Å²) in [5, 5.41) is 3.29. The van der Waals surface area contributed by atoms with Gasteiger partial charge >= 0.3 is 0 Å². The minimum Gasteiger partial charge on any atom is -0.304 e. The van der Waals surface area contributed by atoms with Gasteiger partial charge in [-0.2, -0.15) is 0 Å². The Labute approximate surface area is 85.3 Å². The summed E-state index contributed by atoms with van der Waals surface area (Å²) in [4.78, 5) is 8.57. The first-order valence-electron chi connectivity index (χ1n) is 4.82. The molecule has 0 aliphatic rings. The Bertz CT molecular complexity index is 303. The Balaban J connectivity index is 2.87. The molecule has 1 aromatic heterocycles. The van der Waals surface area contributed by atoms with Crippen LogP contribution in [0.4, 0.5) is 0 Å². The van der Waals surface area contributed by atoms with E-state index in [1.807, 2.05) is 26.2 Å². The van der Waals surface area contributed by atoms with E-state index in [-0.39, 0.29) is 6.04 Å². The fourth-order valence-corrected chi connectivity index (χ4v) is 1.24. The molecule has 3 heteroatoms. The lowest BCUT2D eigenvalue weighted by molar-refractivity contribution is 0.588. The number of nitrogens with one attached hydrogen (secondary N) is 1. The molecule has 76 valence electrons. The van der Waals surface area contributed by atoms with Crippen molar-refractivity contribution < 1.29 is 0 Å². The zero-order chi connectivity index (χ0) is 10.6. The summed E-state index contributed by atoms with van der Waals surface area (Å²) in [6, 6.07) is 0.0700. The highest BCUT2D eigenvalue weighted by Gasteiger charge is 2.12. The quantitative estimate of drug-likeness (QED) is 0.740. The highest BCUT2D eigenvalue weighted by molar-refractivity contribution is 5.14. The van der Waals surface area contributed by atoms with E-state index >= 15 is 0 Å². The molecule has 14 heavy (non-hydrogen) atoms. The van der Waals surface area contributed by atoms with Crippen LogP contribution in [0.3, 0.4) is 0 Å². The topological polar surface area (TPSA) is 37.8 Å². The maximum absolute atomic E-state index is 4.28. The van der Waals surface area contributed by atoms with Gasteiger partial charge in [-0.25, -0.2) is 9.97 Å². The highest BCUT2D eigenvalue weighted by Crippen LogP contribution is 2.15. The maximum Gasteiger partial charge on any atom is 0.149 e. The minimum atomic E-state index is 0.0700. The first kappa shape index (κ1) is 10.9. The van der Waals surface area contributed by atoms with Gasteiger partial charge in [-0.3, -0.25) is 0 Å². The second-order valence-electron chi connectivity index (χ2n) is 3.46. The van der Waals surface area contributed by atoms with E-state index in [1.54, 1.807) is 0 Å². The van der Waals surface area contributed by atoms with E-state index in [0.717, 1.165) is 23.5 Å². The normalized spacial score (nSPS) is 12.5. The highest BCUT2D eigenvalue weighted by atomic mass is 15.0. The van der Waals surface area contributed by atoms with Crippen molar-refractivity contribution in [2.45, 2.75) is 26.8 Å². The van der Waals surface area contributed by atoms with Crippen molar-refractivity contribution >= 4 is 0 Å². The van der Waals surface area contributed by atoms with E-state index in [9.17, 15) is 0 Å². The van der Waals surface area contributed by atoms with Gasteiger partial charge in [-0.1, -0.05) is 19.1 Å². The molecule has 0 spiro atoms. The van der Waals surface area contributed by atoms with Gasteiger partial charge in [0, 0.05) is 12.4 Å². The Kier molecular flexibility index (Phi) is 3.77. The van der Waals surface area contributed by atoms with Crippen molar-refractivity contribution in [1.82, 2.24) is 15.3 Å². The second-order valence-corrected chi connectivity index (χ2v) is 3.46. The van der Waals surface area contributed by atoms with Gasteiger partial charge in [0.25, 0.3) is 0 Å². The van der Waals surface area contributed by atoms with E-state index in [4.69, 9.17) is 0 Å². The van der Waals surface area contributed by atoms with Crippen molar-refractivity contribution in [2.75, 3.05) is 6.54 Å². The predicted octanol–water partition coefficient (Wildman–Crippen LogP) is 2.01. The average molecular weight is 191 g/mol. The lowest BCUT2D eigenvalue weighted by atomic mass is 10.1. The number of hydrogen-bond acceptors (Lipinski definition) is 3. The molecule has 1 aromatic rings. The summed E-state index contributed by atoms with van der Waals surface area (Å²) in [6.07, 6.45) is 3.66. The van der Waals surface area contributed by atoms with E-state index in [2.05, 4.69) is 28.8 Å². The van der Waals surface area contributed by atoms with Crippen LogP contribution in [0.1, 0.15) is 31.3 Å². The summed E-state index contributed by atoms with van der Waals surface area (Å²) in [5.41, 5.74) is 2.11. The number of rotatable bonds is 4. The van der Waals surface area contributed by atoms with E-state index in [1.165, 1.54) is 0 Å². The molecule has 0 aromatic carbocycles. The van der Waals surface area contributed by atoms with Crippen LogP contribution in [0.5, 0.6) is 0 Å². The standard InChI is InChI=1S/C11H17N3/c1-5-12-10(8(2)3)11-13-6-9(4)7-14-11/h6-7,10,12H,2,5H2,1,3-4H3. The zero-order valence-corrected chi connectivity index (χ0v) is 9.04. The first-order valence-corrected chi connectivity index (χ1v) is 4.82. The fraction of sp³-hybridized carbons (Fsp3) is 0.455. The SMILES string of the molecule is C=C(C)C(NCC)c1ncc(C)cn1. The Morgan fingerprint density at radius 3 is 2.50 bits per heavy atom. The monoisotopic (exact) mass is 191 g/mol. The molecule has 1 atom stereocenters. The summed E-state index contributed by atoms with van der Waals surface area (Å²) >= 11 is 0. The lowest BCUT2D eigenvalue weighted by Crippen LogP contribution is -2.23. The van der Waals surface area contributed by atoms with Crippen LogP contribution >= 0.6 is 0 Å². The van der Waals surface area contributed by atoms with Crippen LogP contribution in [-0.2, 0) is 0 Å². The molecule has 0 aliphatic carbocycles. The van der Waals surface area contributed by atoms with Crippen LogP contribution in [0, 0.1) is 6.92 Å². The third-order valence-electron chi connectivity index (χ3n) is 1.96.